The molecule has 0 radical (unpaired) electrons. The molecule has 0 aliphatic carbocycles. The van der Waals surface area contributed by atoms with E-state index in [1.807, 2.05) is 0 Å². The topological polar surface area (TPSA) is 90.1 Å². The Morgan fingerprint density at radius 3 is 2.76 bits per heavy atom. The fourth-order valence-corrected chi connectivity index (χ4v) is 5.68. The Labute approximate surface area is 217 Å². The van der Waals surface area contributed by atoms with Gasteiger partial charge in [-0.2, -0.15) is 0 Å². The number of allylic oxidation sites excluding steroid dienone is 1. The number of aromatic hydroxyl groups is 1. The number of methoxy groups -OCH3 is 1. The number of carbonyl (C=O) groups excluding carboxylic acids is 1. The van der Waals surface area contributed by atoms with Crippen LogP contribution in [-0.4, -0.2) is 29.4 Å². The Morgan fingerprint density at radius 1 is 1.35 bits per heavy atom. The van der Waals surface area contributed by atoms with Crippen LogP contribution in [0.1, 0.15) is 31.0 Å². The fraction of sp³-hybridized carbons (Fsp3) is 0.208. The van der Waals surface area contributed by atoms with Gasteiger partial charge in [0.05, 0.1) is 29.5 Å². The minimum Gasteiger partial charge on any atom is -0.504 e. The van der Waals surface area contributed by atoms with Crippen molar-refractivity contribution < 1.29 is 19.4 Å². The maximum atomic E-state index is 13.6. The summed E-state index contributed by atoms with van der Waals surface area (Å²) in [6, 6.07) is 9.71. The molecule has 4 rings (SSSR count). The summed E-state index contributed by atoms with van der Waals surface area (Å²) in [5.74, 6) is -0.317. The summed E-state index contributed by atoms with van der Waals surface area (Å²) in [4.78, 5) is 31.5. The third-order valence-electron chi connectivity index (χ3n) is 5.29. The number of ether oxygens (including phenoxy) is 2. The Kier molecular flexibility index (Phi) is 7.15. The first-order valence-electron chi connectivity index (χ1n) is 10.3. The van der Waals surface area contributed by atoms with Gasteiger partial charge in [0.25, 0.3) is 5.56 Å². The quantitative estimate of drug-likeness (QED) is 0.351. The number of phenolic OH excluding ortho intramolecular Hbond substituents is 1. The first-order chi connectivity index (χ1) is 16.3. The predicted molar refractivity (Wildman–Crippen MR) is 139 cm³/mol. The summed E-state index contributed by atoms with van der Waals surface area (Å²) in [7, 11) is 1.46. The zero-order valence-corrected chi connectivity index (χ0v) is 22.2. The number of nitrogens with zero attached hydrogens (tertiary/aromatic N) is 2. The minimum absolute atomic E-state index is 0.0696. The average Bonchev–Trinajstić information content (AvgIpc) is 3.10. The molecule has 0 saturated heterocycles. The Balaban J connectivity index is 2.00. The van der Waals surface area contributed by atoms with Crippen LogP contribution in [0.15, 0.2) is 57.5 Å². The van der Waals surface area contributed by atoms with Crippen LogP contribution in [0.5, 0.6) is 11.5 Å². The monoisotopic (exact) mass is 610 g/mol. The van der Waals surface area contributed by atoms with Gasteiger partial charge in [0.2, 0.25) is 0 Å². The van der Waals surface area contributed by atoms with Gasteiger partial charge in [0.15, 0.2) is 16.3 Å². The number of hydrogen-bond donors (Lipinski definition) is 1. The standard InChI is InChI=1S/C24H20ClIN2O5S/c1-4-33-23(31)19-12(2)27-24-28(20(19)15-7-5-6-8-16(15)25)22(30)18(34-24)10-13-9-14(26)11-17(32-3)21(13)29/h5-11,20,29H,4H2,1-3H3/b18-10-/t20-/m0/s1. The highest BCUT2D eigenvalue weighted by Gasteiger charge is 2.34. The molecule has 7 nitrogen and oxygen atoms in total. The molecule has 10 heteroatoms. The maximum Gasteiger partial charge on any atom is 0.338 e. The molecule has 0 saturated carbocycles. The van der Waals surface area contributed by atoms with Gasteiger partial charge in [-0.25, -0.2) is 9.79 Å². The first kappa shape index (κ1) is 24.5. The summed E-state index contributed by atoms with van der Waals surface area (Å²) in [5.41, 5.74) is 1.38. The molecule has 0 amide bonds. The summed E-state index contributed by atoms with van der Waals surface area (Å²) >= 11 is 9.78. The van der Waals surface area contributed by atoms with E-state index in [0.717, 1.165) is 14.9 Å². The van der Waals surface area contributed by atoms with Crippen molar-refractivity contribution in [3.63, 3.8) is 0 Å². The molecule has 1 aromatic heterocycles. The Hall–Kier alpha value is -2.63. The van der Waals surface area contributed by atoms with Gasteiger partial charge >= 0.3 is 5.97 Å². The molecule has 3 aromatic rings. The van der Waals surface area contributed by atoms with E-state index in [4.69, 9.17) is 21.1 Å². The van der Waals surface area contributed by atoms with Crippen LogP contribution in [0.4, 0.5) is 0 Å². The van der Waals surface area contributed by atoms with Crippen LogP contribution >= 0.6 is 45.5 Å². The third kappa shape index (κ3) is 4.39. The normalized spacial score (nSPS) is 15.7. The lowest BCUT2D eigenvalue weighted by atomic mass is 9.96. The van der Waals surface area contributed by atoms with Crippen LogP contribution in [0.25, 0.3) is 6.08 Å². The van der Waals surface area contributed by atoms with Gasteiger partial charge < -0.3 is 14.6 Å². The van der Waals surface area contributed by atoms with E-state index < -0.39 is 12.0 Å². The molecule has 1 N–H and O–H groups in total. The fourth-order valence-electron chi connectivity index (χ4n) is 3.78. The highest BCUT2D eigenvalue weighted by atomic mass is 127. The minimum atomic E-state index is -0.801. The third-order valence-corrected chi connectivity index (χ3v) is 7.24. The van der Waals surface area contributed by atoms with Crippen molar-refractivity contribution in [1.29, 1.82) is 0 Å². The molecular weight excluding hydrogens is 591 g/mol. The second kappa shape index (κ2) is 9.93. The molecule has 0 fully saturated rings. The van der Waals surface area contributed by atoms with Gasteiger partial charge in [0, 0.05) is 14.2 Å². The molecule has 176 valence electrons. The van der Waals surface area contributed by atoms with Crippen LogP contribution in [-0.2, 0) is 9.53 Å². The molecule has 2 heterocycles. The molecule has 1 atom stereocenters. The lowest BCUT2D eigenvalue weighted by Gasteiger charge is -2.25. The zero-order chi connectivity index (χ0) is 24.6. The largest absolute Gasteiger partial charge is 0.504 e. The van der Waals surface area contributed by atoms with Crippen LogP contribution in [0.2, 0.25) is 5.02 Å². The zero-order valence-electron chi connectivity index (χ0n) is 18.5. The van der Waals surface area contributed by atoms with Crippen LogP contribution < -0.4 is 19.6 Å². The SMILES string of the molecule is CCOC(=O)C1=C(C)N=c2s/c(=C\c3cc(I)cc(OC)c3O)c(=O)n2[C@H]1c1ccccc1Cl. The van der Waals surface area contributed by atoms with E-state index in [0.29, 0.717) is 36.9 Å². The lowest BCUT2D eigenvalue weighted by molar-refractivity contribution is -0.139. The number of esters is 1. The van der Waals surface area contributed by atoms with Gasteiger partial charge in [0.1, 0.15) is 6.04 Å². The highest BCUT2D eigenvalue weighted by molar-refractivity contribution is 14.1. The van der Waals surface area contributed by atoms with Crippen molar-refractivity contribution in [2.45, 2.75) is 19.9 Å². The first-order valence-corrected chi connectivity index (χ1v) is 12.5. The smallest absolute Gasteiger partial charge is 0.338 e. The molecule has 34 heavy (non-hydrogen) atoms. The van der Waals surface area contributed by atoms with Crippen LogP contribution in [0, 0.1) is 3.57 Å². The number of hydrogen-bond acceptors (Lipinski definition) is 7. The number of rotatable bonds is 5. The van der Waals surface area contributed by atoms with Crippen molar-refractivity contribution in [2.75, 3.05) is 13.7 Å². The maximum absolute atomic E-state index is 13.6. The van der Waals surface area contributed by atoms with Crippen molar-refractivity contribution >= 4 is 57.6 Å². The van der Waals surface area contributed by atoms with Crippen molar-refractivity contribution in [3.8, 4) is 11.5 Å². The number of carbonyl (C=O) groups is 1. The van der Waals surface area contributed by atoms with Gasteiger partial charge in [-0.15, -0.1) is 0 Å². The van der Waals surface area contributed by atoms with Crippen LogP contribution in [0.3, 0.4) is 0 Å². The van der Waals surface area contributed by atoms with E-state index in [9.17, 15) is 14.7 Å². The molecule has 2 aromatic carbocycles. The number of fused-ring (bicyclic) bond motifs is 1. The number of benzene rings is 2. The number of halogens is 2. The molecule has 1 aliphatic heterocycles. The van der Waals surface area contributed by atoms with Crippen molar-refractivity contribution in [2.24, 2.45) is 4.99 Å². The van der Waals surface area contributed by atoms with E-state index in [2.05, 4.69) is 27.6 Å². The van der Waals surface area contributed by atoms with Gasteiger partial charge in [-0.1, -0.05) is 41.1 Å². The van der Waals surface area contributed by atoms with Gasteiger partial charge in [-0.05, 0) is 66.3 Å². The second-order valence-electron chi connectivity index (χ2n) is 7.37. The van der Waals surface area contributed by atoms with E-state index in [1.165, 1.54) is 11.7 Å². The molecule has 1 aliphatic rings. The molecule has 0 spiro atoms. The average molecular weight is 611 g/mol. The lowest BCUT2D eigenvalue weighted by Crippen LogP contribution is -2.40. The summed E-state index contributed by atoms with van der Waals surface area (Å²) < 4.78 is 13.2. The van der Waals surface area contributed by atoms with E-state index in [1.54, 1.807) is 56.3 Å². The molecule has 0 unspecified atom stereocenters. The summed E-state index contributed by atoms with van der Waals surface area (Å²) in [6.07, 6.45) is 1.59. The van der Waals surface area contributed by atoms with Crippen molar-refractivity contribution in [3.05, 3.63) is 87.1 Å². The summed E-state index contributed by atoms with van der Waals surface area (Å²) in [5, 5.41) is 11.0. The van der Waals surface area contributed by atoms with E-state index in [-0.39, 0.29) is 23.5 Å². The number of phenols is 1. The molecular formula is C24H20ClIN2O5S. The summed E-state index contributed by atoms with van der Waals surface area (Å²) in [6.45, 7) is 3.61. The van der Waals surface area contributed by atoms with Gasteiger partial charge in [-0.3, -0.25) is 9.36 Å². The van der Waals surface area contributed by atoms with E-state index >= 15 is 0 Å². The predicted octanol–water partition coefficient (Wildman–Crippen LogP) is 3.77. The Bertz CT molecular complexity index is 1510. The number of aromatic nitrogens is 1. The van der Waals surface area contributed by atoms with Crippen molar-refractivity contribution in [1.82, 2.24) is 4.57 Å². The molecule has 0 bridgehead atoms. The highest BCUT2D eigenvalue weighted by Crippen LogP contribution is 2.35. The second-order valence-corrected chi connectivity index (χ2v) is 10.0. The number of thiazole rings is 1. The Morgan fingerprint density at radius 2 is 2.09 bits per heavy atom.